The van der Waals surface area contributed by atoms with E-state index in [1.165, 1.54) is 16.7 Å². The second-order valence-electron chi connectivity index (χ2n) is 9.37. The van der Waals surface area contributed by atoms with Gasteiger partial charge in [0, 0.05) is 22.4 Å². The summed E-state index contributed by atoms with van der Waals surface area (Å²) >= 11 is 0. The minimum Gasteiger partial charge on any atom is -0.299 e. The summed E-state index contributed by atoms with van der Waals surface area (Å²) in [5, 5.41) is 3.86. The van der Waals surface area contributed by atoms with Crippen LogP contribution in [0.15, 0.2) is 121 Å². The Morgan fingerprint density at radius 2 is 1.09 bits per heavy atom. The van der Waals surface area contributed by atoms with Crippen molar-refractivity contribution in [3.05, 3.63) is 144 Å². The van der Waals surface area contributed by atoms with E-state index in [9.17, 15) is 4.79 Å². The standard InChI is InChI=1S/C31H27NO/c1-22-30(25-18-10-4-11-19-25)28(24-16-8-3-9-17-24)32-29(27(33)23-14-6-2-7-15-23)31(22,30)26-20-12-5-13-21-26/h2-22,28-29,32H,1H3/t22-,28-,29+,30+,31-/m1/s1. The molecule has 0 radical (unpaired) electrons. The van der Waals surface area contributed by atoms with Gasteiger partial charge >= 0.3 is 0 Å². The highest BCUT2D eigenvalue weighted by Crippen LogP contribution is 2.79. The number of hydrogen-bond donors (Lipinski definition) is 1. The van der Waals surface area contributed by atoms with Crippen molar-refractivity contribution < 1.29 is 4.79 Å². The van der Waals surface area contributed by atoms with Crippen LogP contribution < -0.4 is 5.32 Å². The predicted octanol–water partition coefficient (Wildman–Crippen LogP) is 6.11. The molecule has 1 aliphatic heterocycles. The van der Waals surface area contributed by atoms with Gasteiger partial charge in [-0.1, -0.05) is 128 Å². The first kappa shape index (κ1) is 20.1. The van der Waals surface area contributed by atoms with E-state index in [4.69, 9.17) is 0 Å². The molecule has 6 rings (SSSR count). The molecule has 0 amide bonds. The van der Waals surface area contributed by atoms with E-state index in [1.807, 2.05) is 30.3 Å². The van der Waals surface area contributed by atoms with Gasteiger partial charge in [-0.15, -0.1) is 0 Å². The number of ketones is 1. The molecule has 2 aliphatic rings. The summed E-state index contributed by atoms with van der Waals surface area (Å²) in [7, 11) is 0. The van der Waals surface area contributed by atoms with Crippen molar-refractivity contribution in [3.63, 3.8) is 0 Å². The second kappa shape index (κ2) is 7.54. The fourth-order valence-electron chi connectivity index (χ4n) is 6.92. The summed E-state index contributed by atoms with van der Waals surface area (Å²) in [5.74, 6) is 0.460. The van der Waals surface area contributed by atoms with Crippen molar-refractivity contribution in [2.75, 3.05) is 0 Å². The van der Waals surface area contributed by atoms with Gasteiger partial charge in [0.05, 0.1) is 6.04 Å². The lowest BCUT2D eigenvalue weighted by molar-refractivity contribution is 0.0924. The van der Waals surface area contributed by atoms with E-state index in [-0.39, 0.29) is 28.7 Å². The number of Topliss-reactive ketones (excluding diaryl/α,β-unsaturated/α-hetero) is 1. The Morgan fingerprint density at radius 1 is 0.636 bits per heavy atom. The van der Waals surface area contributed by atoms with Crippen LogP contribution in [0.2, 0.25) is 0 Å². The van der Waals surface area contributed by atoms with Gasteiger partial charge < -0.3 is 0 Å². The molecule has 1 saturated carbocycles. The molecule has 0 bridgehead atoms. The van der Waals surface area contributed by atoms with E-state index in [0.29, 0.717) is 5.92 Å². The van der Waals surface area contributed by atoms with Crippen molar-refractivity contribution in [1.82, 2.24) is 5.32 Å². The molecule has 4 aromatic carbocycles. The predicted molar refractivity (Wildman–Crippen MR) is 132 cm³/mol. The van der Waals surface area contributed by atoms with Gasteiger partial charge in [-0.25, -0.2) is 0 Å². The third kappa shape index (κ3) is 2.62. The summed E-state index contributed by atoms with van der Waals surface area (Å²) < 4.78 is 0. The molecule has 1 N–H and O–H groups in total. The van der Waals surface area contributed by atoms with E-state index in [1.54, 1.807) is 0 Å². The molecule has 33 heavy (non-hydrogen) atoms. The van der Waals surface area contributed by atoms with Crippen LogP contribution in [0.4, 0.5) is 0 Å². The first-order valence-electron chi connectivity index (χ1n) is 11.7. The van der Waals surface area contributed by atoms with Crippen molar-refractivity contribution in [1.29, 1.82) is 0 Å². The minimum absolute atomic E-state index is 0.0361. The Bertz CT molecular complexity index is 1270. The molecule has 162 valence electrons. The molecule has 5 atom stereocenters. The molecule has 1 saturated heterocycles. The molecule has 2 fully saturated rings. The minimum atomic E-state index is -0.330. The lowest BCUT2D eigenvalue weighted by Crippen LogP contribution is -2.44. The first-order valence-corrected chi connectivity index (χ1v) is 11.7. The Morgan fingerprint density at radius 3 is 1.64 bits per heavy atom. The van der Waals surface area contributed by atoms with Crippen LogP contribution in [0.5, 0.6) is 0 Å². The number of fused-ring (bicyclic) bond motifs is 1. The average Bonchev–Trinajstić information content (AvgIpc) is 3.29. The SMILES string of the molecule is C[C@H]1[C@@]2(c3ccccc3)[C@H](C(=O)c3ccccc3)N[C@H](c3ccccc3)[C@@]12c1ccccc1. The first-order chi connectivity index (χ1) is 16.2. The lowest BCUT2D eigenvalue weighted by Gasteiger charge is -2.27. The molecule has 1 aliphatic carbocycles. The van der Waals surface area contributed by atoms with Gasteiger partial charge in [-0.3, -0.25) is 10.1 Å². The van der Waals surface area contributed by atoms with Gasteiger partial charge in [0.1, 0.15) is 0 Å². The van der Waals surface area contributed by atoms with Crippen LogP contribution in [0, 0.1) is 5.92 Å². The van der Waals surface area contributed by atoms with Crippen LogP contribution in [0.3, 0.4) is 0 Å². The number of rotatable bonds is 5. The molecule has 0 spiro atoms. The van der Waals surface area contributed by atoms with E-state index < -0.39 is 0 Å². The maximum Gasteiger partial charge on any atom is 0.180 e. The van der Waals surface area contributed by atoms with Crippen LogP contribution in [-0.2, 0) is 10.8 Å². The van der Waals surface area contributed by atoms with E-state index in [0.717, 1.165) is 5.56 Å². The molecule has 0 unspecified atom stereocenters. The maximum atomic E-state index is 14.1. The quantitative estimate of drug-likeness (QED) is 0.388. The molecular weight excluding hydrogens is 402 g/mol. The fourth-order valence-corrected chi connectivity index (χ4v) is 6.92. The number of benzene rings is 4. The van der Waals surface area contributed by atoms with E-state index in [2.05, 4.69) is 103 Å². The highest BCUT2D eigenvalue weighted by Gasteiger charge is 2.85. The number of carbonyl (C=O) groups excluding carboxylic acids is 1. The van der Waals surface area contributed by atoms with Crippen molar-refractivity contribution in [2.45, 2.75) is 29.8 Å². The molecule has 4 aromatic rings. The molecule has 0 aromatic heterocycles. The van der Waals surface area contributed by atoms with E-state index >= 15 is 0 Å². The molecule has 1 heterocycles. The number of piperidine rings is 1. The average molecular weight is 430 g/mol. The van der Waals surface area contributed by atoms with Crippen molar-refractivity contribution in [3.8, 4) is 0 Å². The highest BCUT2D eigenvalue weighted by molar-refractivity contribution is 6.03. The molecular formula is C31H27NO. The monoisotopic (exact) mass is 429 g/mol. The zero-order chi connectivity index (χ0) is 22.5. The fraction of sp³-hybridized carbons (Fsp3) is 0.194. The van der Waals surface area contributed by atoms with Gasteiger partial charge in [0.25, 0.3) is 0 Å². The van der Waals surface area contributed by atoms with Gasteiger partial charge in [0.15, 0.2) is 5.78 Å². The normalized spacial score (nSPS) is 29.9. The van der Waals surface area contributed by atoms with Crippen LogP contribution in [0.25, 0.3) is 0 Å². The molecule has 2 nitrogen and oxygen atoms in total. The highest BCUT2D eigenvalue weighted by atomic mass is 16.1. The number of hydrogen-bond acceptors (Lipinski definition) is 2. The zero-order valence-corrected chi connectivity index (χ0v) is 18.7. The Kier molecular flexibility index (Phi) is 4.60. The van der Waals surface area contributed by atoms with Crippen molar-refractivity contribution >= 4 is 5.78 Å². The topological polar surface area (TPSA) is 29.1 Å². The molecule has 2 heteroatoms. The van der Waals surface area contributed by atoms with Crippen molar-refractivity contribution in [2.24, 2.45) is 5.92 Å². The van der Waals surface area contributed by atoms with Crippen LogP contribution >= 0.6 is 0 Å². The summed E-state index contributed by atoms with van der Waals surface area (Å²) in [6.45, 7) is 2.34. The Labute approximate surface area is 195 Å². The lowest BCUT2D eigenvalue weighted by atomic mass is 9.75. The maximum absolute atomic E-state index is 14.1. The summed E-state index contributed by atoms with van der Waals surface area (Å²) in [5.41, 5.74) is 3.98. The smallest absolute Gasteiger partial charge is 0.180 e. The zero-order valence-electron chi connectivity index (χ0n) is 18.7. The summed E-state index contributed by atoms with van der Waals surface area (Å²) in [6.07, 6.45) is 0. The Balaban J connectivity index is 1.62. The van der Waals surface area contributed by atoms with Gasteiger partial charge in [-0.2, -0.15) is 0 Å². The second-order valence-corrected chi connectivity index (χ2v) is 9.37. The van der Waals surface area contributed by atoms with Crippen LogP contribution in [-0.4, -0.2) is 11.8 Å². The van der Waals surface area contributed by atoms with Gasteiger partial charge in [-0.05, 0) is 22.6 Å². The third-order valence-electron chi connectivity index (χ3n) is 8.17. The van der Waals surface area contributed by atoms with Crippen LogP contribution in [0.1, 0.15) is 40.0 Å². The largest absolute Gasteiger partial charge is 0.299 e. The summed E-state index contributed by atoms with van der Waals surface area (Å²) in [6, 6.07) is 41.6. The van der Waals surface area contributed by atoms with Gasteiger partial charge in [0.2, 0.25) is 0 Å². The third-order valence-corrected chi connectivity index (χ3v) is 8.17. The number of nitrogens with one attached hydrogen (secondary N) is 1. The Hall–Kier alpha value is -3.49. The summed E-state index contributed by atoms with van der Waals surface area (Å²) in [4.78, 5) is 14.1. The number of carbonyl (C=O) groups is 1.